The maximum Gasteiger partial charge on any atom is 0.407 e. The van der Waals surface area contributed by atoms with Crippen LogP contribution >= 0.6 is 0 Å². The molecule has 2 N–H and O–H groups in total. The highest BCUT2D eigenvalue weighted by atomic mass is 16.6. The fraction of sp³-hybridized carbons (Fsp3) is 0.591. The third-order valence-electron chi connectivity index (χ3n) is 4.88. The molecule has 1 aliphatic rings. The van der Waals surface area contributed by atoms with Gasteiger partial charge in [-0.2, -0.15) is 0 Å². The Labute approximate surface area is 172 Å². The molecule has 1 aliphatic carbocycles. The van der Waals surface area contributed by atoms with Crippen LogP contribution in [0.5, 0.6) is 5.75 Å². The van der Waals surface area contributed by atoms with E-state index in [1.807, 2.05) is 13.8 Å². The summed E-state index contributed by atoms with van der Waals surface area (Å²) >= 11 is 0. The average Bonchev–Trinajstić information content (AvgIpc) is 3.09. The first kappa shape index (κ1) is 22.7. The molecule has 160 valence electrons. The van der Waals surface area contributed by atoms with E-state index in [-0.39, 0.29) is 18.4 Å². The Hall–Kier alpha value is -2.57. The van der Waals surface area contributed by atoms with Gasteiger partial charge in [0.05, 0.1) is 18.4 Å². The largest absolute Gasteiger partial charge is 0.506 e. The number of aryl methyl sites for hydroxylation is 1. The van der Waals surface area contributed by atoms with Crippen LogP contribution in [0.15, 0.2) is 22.9 Å². The molecule has 0 aromatic carbocycles. The molecule has 29 heavy (non-hydrogen) atoms. The number of carbonyl (C=O) groups excluding carboxylic acids is 1. The summed E-state index contributed by atoms with van der Waals surface area (Å²) in [5, 5.41) is 15.9. The lowest BCUT2D eigenvalue weighted by Gasteiger charge is -2.12. The third-order valence-corrected chi connectivity index (χ3v) is 4.88. The van der Waals surface area contributed by atoms with Crippen molar-refractivity contribution in [1.82, 2.24) is 15.5 Å². The zero-order chi connectivity index (χ0) is 21.1. The predicted octanol–water partition coefficient (Wildman–Crippen LogP) is 5.51. The molecule has 0 aliphatic heterocycles. The zero-order valence-electron chi connectivity index (χ0n) is 17.7. The molecule has 0 radical (unpaired) electrons. The molecule has 7 nitrogen and oxygen atoms in total. The van der Waals surface area contributed by atoms with E-state index in [1.54, 1.807) is 13.0 Å². The minimum atomic E-state index is -0.476. The Bertz CT molecular complexity index is 728. The Morgan fingerprint density at radius 3 is 2.45 bits per heavy atom. The molecule has 7 heteroatoms. The van der Waals surface area contributed by atoms with E-state index < -0.39 is 6.09 Å². The molecule has 3 rings (SSSR count). The second-order valence-electron chi connectivity index (χ2n) is 7.46. The Balaban J connectivity index is 0.000000426. The number of carbonyl (C=O) groups is 1. The number of nitrogens with zero attached hydrogens (tertiary/aromatic N) is 2. The summed E-state index contributed by atoms with van der Waals surface area (Å²) in [5.74, 6) is 0.530. The van der Waals surface area contributed by atoms with Gasteiger partial charge < -0.3 is 19.7 Å². The normalized spacial score (nSPS) is 14.4. The van der Waals surface area contributed by atoms with Gasteiger partial charge in [0.2, 0.25) is 0 Å². The van der Waals surface area contributed by atoms with Crippen molar-refractivity contribution in [3.05, 3.63) is 29.6 Å². The summed E-state index contributed by atoms with van der Waals surface area (Å²) in [6.07, 6.45) is 11.5. The molecule has 1 amide bonds. The van der Waals surface area contributed by atoms with Crippen LogP contribution in [0.2, 0.25) is 0 Å². The lowest BCUT2D eigenvalue weighted by Crippen LogP contribution is -2.27. The Morgan fingerprint density at radius 2 is 1.90 bits per heavy atom. The van der Waals surface area contributed by atoms with Crippen LogP contribution in [0.25, 0.3) is 11.5 Å². The molecule has 2 aromatic heterocycles. The number of hydrogen-bond acceptors (Lipinski definition) is 6. The predicted molar refractivity (Wildman–Crippen MR) is 112 cm³/mol. The number of rotatable bonds is 6. The second kappa shape index (κ2) is 12.1. The van der Waals surface area contributed by atoms with Gasteiger partial charge in [-0.05, 0) is 32.4 Å². The van der Waals surface area contributed by atoms with E-state index in [1.165, 1.54) is 50.8 Å². The average molecular weight is 404 g/mol. The van der Waals surface area contributed by atoms with Crippen LogP contribution in [-0.4, -0.2) is 27.4 Å². The third kappa shape index (κ3) is 7.75. The molecule has 1 unspecified atom stereocenters. The van der Waals surface area contributed by atoms with Gasteiger partial charge in [-0.3, -0.25) is 0 Å². The molecule has 0 bridgehead atoms. The van der Waals surface area contributed by atoms with Gasteiger partial charge in [0.1, 0.15) is 17.5 Å². The fourth-order valence-electron chi connectivity index (χ4n) is 3.23. The lowest BCUT2D eigenvalue weighted by molar-refractivity contribution is 0.101. The fourth-order valence-corrected chi connectivity index (χ4v) is 3.23. The summed E-state index contributed by atoms with van der Waals surface area (Å²) in [7, 11) is 0. The minimum absolute atomic E-state index is 0.0677. The topological polar surface area (TPSA) is 97.5 Å². The van der Waals surface area contributed by atoms with E-state index in [4.69, 9.17) is 9.26 Å². The maximum atomic E-state index is 11.8. The summed E-state index contributed by atoms with van der Waals surface area (Å²) in [5.41, 5.74) is 1.92. The van der Waals surface area contributed by atoms with E-state index in [9.17, 15) is 9.90 Å². The van der Waals surface area contributed by atoms with Gasteiger partial charge in [-0.25, -0.2) is 9.78 Å². The SMILES string of the molecule is C1CCCCC1.CCCC(C)OC(=O)NCc1c(C)noc1-c1ccc(O)cn1. The van der Waals surface area contributed by atoms with E-state index in [0.717, 1.165) is 18.4 Å². The summed E-state index contributed by atoms with van der Waals surface area (Å²) in [4.78, 5) is 15.9. The summed E-state index contributed by atoms with van der Waals surface area (Å²) in [6, 6.07) is 3.14. The molecular weight excluding hydrogens is 370 g/mol. The van der Waals surface area contributed by atoms with Gasteiger partial charge in [0.25, 0.3) is 0 Å². The molecule has 1 fully saturated rings. The van der Waals surface area contributed by atoms with Gasteiger partial charge in [-0.1, -0.05) is 57.0 Å². The summed E-state index contributed by atoms with van der Waals surface area (Å²) in [6.45, 7) is 5.91. The number of aromatic nitrogens is 2. The first-order valence-electron chi connectivity index (χ1n) is 10.6. The number of pyridine rings is 1. The minimum Gasteiger partial charge on any atom is -0.506 e. The van der Waals surface area contributed by atoms with E-state index in [0.29, 0.717) is 17.1 Å². The molecular formula is C22H33N3O4. The number of hydrogen-bond donors (Lipinski definition) is 2. The maximum absolute atomic E-state index is 11.8. The van der Waals surface area contributed by atoms with Crippen molar-refractivity contribution in [1.29, 1.82) is 0 Å². The molecule has 2 heterocycles. The van der Waals surface area contributed by atoms with E-state index >= 15 is 0 Å². The van der Waals surface area contributed by atoms with Crippen LogP contribution in [-0.2, 0) is 11.3 Å². The highest BCUT2D eigenvalue weighted by molar-refractivity contribution is 5.68. The van der Waals surface area contributed by atoms with Crippen molar-refractivity contribution < 1.29 is 19.2 Å². The lowest BCUT2D eigenvalue weighted by atomic mass is 10.0. The standard InChI is InChI=1S/C16H21N3O4.C6H12/c1-4-5-10(2)22-16(21)18-9-13-11(3)19-23-15(13)14-7-6-12(20)8-17-14;1-2-4-6-5-3-1/h6-8,10,20H,4-5,9H2,1-3H3,(H,18,21);1-6H2. The Morgan fingerprint density at radius 1 is 1.24 bits per heavy atom. The van der Waals surface area contributed by atoms with Crippen LogP contribution in [0.3, 0.4) is 0 Å². The second-order valence-corrected chi connectivity index (χ2v) is 7.46. The smallest absolute Gasteiger partial charge is 0.407 e. The van der Waals surface area contributed by atoms with Gasteiger partial charge >= 0.3 is 6.09 Å². The molecule has 2 aromatic rings. The van der Waals surface area contributed by atoms with Crippen molar-refractivity contribution in [3.63, 3.8) is 0 Å². The number of aromatic hydroxyl groups is 1. The first-order chi connectivity index (χ1) is 14.0. The monoisotopic (exact) mass is 403 g/mol. The van der Waals surface area contributed by atoms with Crippen molar-refractivity contribution >= 4 is 6.09 Å². The van der Waals surface area contributed by atoms with Crippen LogP contribution in [0.4, 0.5) is 4.79 Å². The van der Waals surface area contributed by atoms with Gasteiger partial charge in [0, 0.05) is 5.56 Å². The highest BCUT2D eigenvalue weighted by Crippen LogP contribution is 2.25. The van der Waals surface area contributed by atoms with Crippen molar-refractivity contribution in [3.8, 4) is 17.2 Å². The Kier molecular flexibility index (Phi) is 9.47. The quantitative estimate of drug-likeness (QED) is 0.660. The van der Waals surface area contributed by atoms with Crippen molar-refractivity contribution in [2.75, 3.05) is 0 Å². The number of alkyl carbamates (subject to hydrolysis) is 1. The molecule has 1 saturated carbocycles. The highest BCUT2D eigenvalue weighted by Gasteiger charge is 2.17. The van der Waals surface area contributed by atoms with Crippen LogP contribution in [0.1, 0.15) is 76.5 Å². The van der Waals surface area contributed by atoms with E-state index in [2.05, 4.69) is 15.5 Å². The van der Waals surface area contributed by atoms with Gasteiger partial charge in [-0.15, -0.1) is 0 Å². The van der Waals surface area contributed by atoms with Gasteiger partial charge in [0.15, 0.2) is 5.76 Å². The van der Waals surface area contributed by atoms with Crippen molar-refractivity contribution in [2.45, 2.75) is 84.8 Å². The number of ether oxygens (including phenoxy) is 1. The van der Waals surface area contributed by atoms with Crippen molar-refractivity contribution in [2.24, 2.45) is 0 Å². The first-order valence-corrected chi connectivity index (χ1v) is 10.6. The van der Waals surface area contributed by atoms with Crippen LogP contribution < -0.4 is 5.32 Å². The molecule has 1 atom stereocenters. The molecule has 0 spiro atoms. The number of amides is 1. The number of nitrogens with one attached hydrogen (secondary N) is 1. The van der Waals surface area contributed by atoms with Crippen LogP contribution in [0, 0.1) is 6.92 Å². The zero-order valence-corrected chi connectivity index (χ0v) is 17.7. The summed E-state index contributed by atoms with van der Waals surface area (Å²) < 4.78 is 10.5. The molecule has 0 saturated heterocycles.